The first kappa shape index (κ1) is 19.3. The fraction of sp³-hybridized carbons (Fsp3) is 0.240. The lowest BCUT2D eigenvalue weighted by Gasteiger charge is -2.27. The van der Waals surface area contributed by atoms with Crippen LogP contribution in [-0.4, -0.2) is 25.8 Å². The minimum Gasteiger partial charge on any atom is -0.481 e. The van der Waals surface area contributed by atoms with Gasteiger partial charge in [-0.15, -0.1) is 0 Å². The highest BCUT2D eigenvalue weighted by Crippen LogP contribution is 2.37. The molecule has 4 aromatic rings. The maximum absolute atomic E-state index is 11.5. The average molecular weight is 413 g/mol. The predicted molar refractivity (Wildman–Crippen MR) is 118 cm³/mol. The highest BCUT2D eigenvalue weighted by molar-refractivity contribution is 5.92. The van der Waals surface area contributed by atoms with Crippen molar-refractivity contribution in [3.05, 3.63) is 73.1 Å². The van der Waals surface area contributed by atoms with E-state index in [1.165, 1.54) is 0 Å². The molecule has 6 heteroatoms. The van der Waals surface area contributed by atoms with E-state index in [0.717, 1.165) is 52.9 Å². The maximum atomic E-state index is 11.5. The molecule has 1 saturated carbocycles. The van der Waals surface area contributed by atoms with Gasteiger partial charge < -0.3 is 9.84 Å². The maximum Gasteiger partial charge on any atom is 0.306 e. The Bertz CT molecular complexity index is 1200. The molecule has 2 atom stereocenters. The van der Waals surface area contributed by atoms with Gasteiger partial charge in [0.25, 0.3) is 0 Å². The van der Waals surface area contributed by atoms with Crippen LogP contribution in [0.5, 0.6) is 11.5 Å². The highest BCUT2D eigenvalue weighted by atomic mass is 16.5. The van der Waals surface area contributed by atoms with Crippen molar-refractivity contribution in [3.63, 3.8) is 0 Å². The van der Waals surface area contributed by atoms with Crippen LogP contribution in [0.15, 0.2) is 73.1 Å². The van der Waals surface area contributed by atoms with E-state index in [-0.39, 0.29) is 12.0 Å². The van der Waals surface area contributed by atoms with Crippen molar-refractivity contribution in [1.29, 1.82) is 0 Å². The Labute approximate surface area is 180 Å². The van der Waals surface area contributed by atoms with Gasteiger partial charge in [0.15, 0.2) is 0 Å². The molecule has 0 amide bonds. The average Bonchev–Trinajstić information content (AvgIpc) is 3.20. The Hall–Kier alpha value is -3.67. The molecule has 0 radical (unpaired) electrons. The minimum absolute atomic E-state index is 0.0780. The molecule has 2 aromatic carbocycles. The molecule has 0 bridgehead atoms. The third-order valence-corrected chi connectivity index (χ3v) is 5.96. The standard InChI is InChI=1S/C25H23N3O3/c29-25(30)18-5-4-6-19(15-18)28-23-13-14-26-16-22(23)24(27-28)17-9-11-21(12-10-17)31-20-7-2-1-3-8-20/h1-3,7-14,16,18-19H,4-6,15H2,(H,29,30). The van der Waals surface area contributed by atoms with Crippen molar-refractivity contribution in [2.24, 2.45) is 5.92 Å². The summed E-state index contributed by atoms with van der Waals surface area (Å²) in [5, 5.41) is 15.4. The van der Waals surface area contributed by atoms with Crippen LogP contribution in [0.4, 0.5) is 0 Å². The number of pyridine rings is 1. The number of carboxylic acids is 1. The molecule has 156 valence electrons. The number of para-hydroxylation sites is 1. The molecule has 1 N–H and O–H groups in total. The minimum atomic E-state index is -0.711. The van der Waals surface area contributed by atoms with Gasteiger partial charge in [-0.05, 0) is 61.7 Å². The zero-order valence-corrected chi connectivity index (χ0v) is 17.0. The number of carboxylic acid groups (broad SMARTS) is 1. The Balaban J connectivity index is 1.47. The van der Waals surface area contributed by atoms with Crippen LogP contribution in [0.3, 0.4) is 0 Å². The zero-order chi connectivity index (χ0) is 21.2. The number of aromatic nitrogens is 3. The largest absolute Gasteiger partial charge is 0.481 e. The highest BCUT2D eigenvalue weighted by Gasteiger charge is 2.30. The van der Waals surface area contributed by atoms with Gasteiger partial charge >= 0.3 is 5.97 Å². The fourth-order valence-corrected chi connectivity index (χ4v) is 4.39. The summed E-state index contributed by atoms with van der Waals surface area (Å²) in [6.07, 6.45) is 6.78. The Kier molecular flexibility index (Phi) is 5.12. The molecular formula is C25H23N3O3. The van der Waals surface area contributed by atoms with Crippen LogP contribution < -0.4 is 4.74 Å². The van der Waals surface area contributed by atoms with Crippen LogP contribution >= 0.6 is 0 Å². The van der Waals surface area contributed by atoms with E-state index in [2.05, 4.69) is 4.98 Å². The summed E-state index contributed by atoms with van der Waals surface area (Å²) in [4.78, 5) is 15.8. The van der Waals surface area contributed by atoms with Crippen LogP contribution in [0, 0.1) is 5.92 Å². The van der Waals surface area contributed by atoms with Gasteiger partial charge in [0.05, 0.1) is 17.5 Å². The number of benzene rings is 2. The van der Waals surface area contributed by atoms with E-state index < -0.39 is 5.97 Å². The van der Waals surface area contributed by atoms with Crippen molar-refractivity contribution in [1.82, 2.24) is 14.8 Å². The van der Waals surface area contributed by atoms with Gasteiger partial charge in [0.1, 0.15) is 17.2 Å². The molecular weight excluding hydrogens is 390 g/mol. The summed E-state index contributed by atoms with van der Waals surface area (Å²) in [7, 11) is 0. The molecule has 1 fully saturated rings. The summed E-state index contributed by atoms with van der Waals surface area (Å²) < 4.78 is 7.91. The van der Waals surface area contributed by atoms with E-state index in [4.69, 9.17) is 9.84 Å². The number of aliphatic carboxylic acids is 1. The lowest BCUT2D eigenvalue weighted by molar-refractivity contribution is -0.143. The summed E-state index contributed by atoms with van der Waals surface area (Å²) >= 11 is 0. The number of fused-ring (bicyclic) bond motifs is 1. The van der Waals surface area contributed by atoms with Crippen molar-refractivity contribution >= 4 is 16.9 Å². The molecule has 0 spiro atoms. The van der Waals surface area contributed by atoms with Gasteiger partial charge in [-0.25, -0.2) is 0 Å². The Morgan fingerprint density at radius 2 is 1.77 bits per heavy atom. The number of rotatable bonds is 5. The normalized spacial score (nSPS) is 18.7. The summed E-state index contributed by atoms with van der Waals surface area (Å²) in [6, 6.07) is 19.6. The fourth-order valence-electron chi connectivity index (χ4n) is 4.39. The molecule has 2 heterocycles. The zero-order valence-electron chi connectivity index (χ0n) is 17.0. The van der Waals surface area contributed by atoms with Gasteiger partial charge in [-0.2, -0.15) is 5.10 Å². The third-order valence-electron chi connectivity index (χ3n) is 5.96. The monoisotopic (exact) mass is 413 g/mol. The lowest BCUT2D eigenvalue weighted by Crippen LogP contribution is -2.25. The molecule has 1 aliphatic carbocycles. The first-order chi connectivity index (χ1) is 15.2. The van der Waals surface area contributed by atoms with Crippen LogP contribution in [0.1, 0.15) is 31.7 Å². The Morgan fingerprint density at radius 1 is 1.00 bits per heavy atom. The van der Waals surface area contributed by atoms with Crippen LogP contribution in [0.25, 0.3) is 22.2 Å². The smallest absolute Gasteiger partial charge is 0.306 e. The van der Waals surface area contributed by atoms with Gasteiger partial charge in [0, 0.05) is 23.3 Å². The SMILES string of the molecule is O=C(O)C1CCCC(n2nc(-c3ccc(Oc4ccccc4)cc3)c3cnccc32)C1. The van der Waals surface area contributed by atoms with Crippen LogP contribution in [-0.2, 0) is 4.79 Å². The molecule has 0 aliphatic heterocycles. The number of ether oxygens (including phenoxy) is 1. The molecule has 2 aromatic heterocycles. The molecule has 2 unspecified atom stereocenters. The molecule has 6 nitrogen and oxygen atoms in total. The third kappa shape index (κ3) is 3.89. The van der Waals surface area contributed by atoms with E-state index >= 15 is 0 Å². The molecule has 1 aliphatic rings. The number of nitrogens with zero attached hydrogens (tertiary/aromatic N) is 3. The molecule has 31 heavy (non-hydrogen) atoms. The van der Waals surface area contributed by atoms with Crippen molar-refractivity contribution < 1.29 is 14.6 Å². The Morgan fingerprint density at radius 3 is 2.55 bits per heavy atom. The van der Waals surface area contributed by atoms with Gasteiger partial charge in [0.2, 0.25) is 0 Å². The second-order valence-corrected chi connectivity index (χ2v) is 7.98. The number of hydrogen-bond acceptors (Lipinski definition) is 4. The quantitative estimate of drug-likeness (QED) is 0.454. The van der Waals surface area contributed by atoms with Crippen LogP contribution in [0.2, 0.25) is 0 Å². The number of hydrogen-bond donors (Lipinski definition) is 1. The van der Waals surface area contributed by atoms with E-state index in [9.17, 15) is 9.90 Å². The summed E-state index contributed by atoms with van der Waals surface area (Å²) in [6.45, 7) is 0. The second-order valence-electron chi connectivity index (χ2n) is 7.98. The van der Waals surface area contributed by atoms with E-state index in [1.54, 1.807) is 6.20 Å². The van der Waals surface area contributed by atoms with Gasteiger partial charge in [-0.1, -0.05) is 24.6 Å². The van der Waals surface area contributed by atoms with Crippen molar-refractivity contribution in [3.8, 4) is 22.8 Å². The van der Waals surface area contributed by atoms with Gasteiger partial charge in [-0.3, -0.25) is 14.5 Å². The summed E-state index contributed by atoms with van der Waals surface area (Å²) in [5.41, 5.74) is 2.82. The second kappa shape index (κ2) is 8.22. The molecule has 5 rings (SSSR count). The first-order valence-electron chi connectivity index (χ1n) is 10.6. The van der Waals surface area contributed by atoms with Crippen molar-refractivity contribution in [2.45, 2.75) is 31.7 Å². The lowest BCUT2D eigenvalue weighted by atomic mass is 9.86. The predicted octanol–water partition coefficient (Wildman–Crippen LogP) is 5.71. The van der Waals surface area contributed by atoms with E-state index in [0.29, 0.717) is 6.42 Å². The topological polar surface area (TPSA) is 77.2 Å². The van der Waals surface area contributed by atoms with E-state index in [1.807, 2.05) is 71.5 Å². The molecule has 0 saturated heterocycles. The first-order valence-corrected chi connectivity index (χ1v) is 10.6. The number of carbonyl (C=O) groups is 1. The summed E-state index contributed by atoms with van der Waals surface area (Å²) in [5.74, 6) is 0.530. The van der Waals surface area contributed by atoms with Crippen molar-refractivity contribution in [2.75, 3.05) is 0 Å².